The standard InChI is InChI=1S/C19H20BrN3O4/c1-21-15(7-8-23-9-11-27-12-10-23)16(18(25)22(2)19(21)26)17(24)13-3-5-14(20)6-4-13/h3-8H,9-12H2,1-2H3/p+1/b8-7+. The van der Waals surface area contributed by atoms with E-state index in [1.54, 1.807) is 37.4 Å². The van der Waals surface area contributed by atoms with Crippen molar-refractivity contribution in [1.29, 1.82) is 0 Å². The van der Waals surface area contributed by atoms with Crippen LogP contribution in [0.3, 0.4) is 0 Å². The molecule has 7 nitrogen and oxygen atoms in total. The third kappa shape index (κ3) is 4.02. The fourth-order valence-corrected chi connectivity index (χ4v) is 3.28. The molecule has 142 valence electrons. The molecular formula is C19H21BrN3O4+. The maximum atomic E-state index is 13.1. The zero-order valence-electron chi connectivity index (χ0n) is 15.2. The molecule has 0 saturated carbocycles. The molecule has 1 aromatic carbocycles. The van der Waals surface area contributed by atoms with E-state index >= 15 is 0 Å². The summed E-state index contributed by atoms with van der Waals surface area (Å²) in [4.78, 5) is 39.3. The van der Waals surface area contributed by atoms with Crippen LogP contribution in [0.4, 0.5) is 0 Å². The van der Waals surface area contributed by atoms with Crippen LogP contribution >= 0.6 is 15.9 Å². The van der Waals surface area contributed by atoms with Crippen molar-refractivity contribution in [2.75, 3.05) is 26.3 Å². The van der Waals surface area contributed by atoms with Crippen molar-refractivity contribution in [2.45, 2.75) is 0 Å². The predicted molar refractivity (Wildman–Crippen MR) is 105 cm³/mol. The summed E-state index contributed by atoms with van der Waals surface area (Å²) in [5.41, 5.74) is -0.366. The number of quaternary nitrogens is 1. The lowest BCUT2D eigenvalue weighted by Crippen LogP contribution is -3.09. The Morgan fingerprint density at radius 2 is 1.74 bits per heavy atom. The van der Waals surface area contributed by atoms with Crippen LogP contribution in [0, 0.1) is 0 Å². The first-order chi connectivity index (χ1) is 12.9. The molecule has 27 heavy (non-hydrogen) atoms. The van der Waals surface area contributed by atoms with Crippen molar-refractivity contribution in [1.82, 2.24) is 9.13 Å². The molecule has 0 amide bonds. The smallest absolute Gasteiger partial charge is 0.330 e. The van der Waals surface area contributed by atoms with Gasteiger partial charge in [-0.05, 0) is 24.3 Å². The lowest BCUT2D eigenvalue weighted by Gasteiger charge is -2.20. The highest BCUT2D eigenvalue weighted by Gasteiger charge is 2.22. The highest BCUT2D eigenvalue weighted by Crippen LogP contribution is 2.15. The molecule has 0 unspecified atom stereocenters. The average molecular weight is 435 g/mol. The van der Waals surface area contributed by atoms with Crippen LogP contribution in [0.25, 0.3) is 6.08 Å². The molecule has 1 aliphatic rings. The number of nitrogens with one attached hydrogen (secondary N) is 1. The number of rotatable bonds is 4. The normalized spacial score (nSPS) is 15.4. The molecule has 2 aromatic rings. The van der Waals surface area contributed by atoms with E-state index in [0.29, 0.717) is 24.5 Å². The molecule has 0 bridgehead atoms. The van der Waals surface area contributed by atoms with Crippen LogP contribution < -0.4 is 16.1 Å². The monoisotopic (exact) mass is 434 g/mol. The first-order valence-corrected chi connectivity index (χ1v) is 9.40. The minimum atomic E-state index is -0.595. The molecule has 3 rings (SSSR count). The Morgan fingerprint density at radius 1 is 1.11 bits per heavy atom. The van der Waals surface area contributed by atoms with Gasteiger partial charge in [-0.1, -0.05) is 15.9 Å². The average Bonchev–Trinajstić information content (AvgIpc) is 2.69. The third-order valence-electron chi connectivity index (χ3n) is 4.66. The van der Waals surface area contributed by atoms with Crippen LogP contribution in [0.15, 0.2) is 44.5 Å². The minimum absolute atomic E-state index is 0.00849. The van der Waals surface area contributed by atoms with Gasteiger partial charge in [0, 0.05) is 30.2 Å². The van der Waals surface area contributed by atoms with E-state index in [1.807, 2.05) is 6.20 Å². The van der Waals surface area contributed by atoms with E-state index in [2.05, 4.69) is 15.9 Å². The Hall–Kier alpha value is -2.29. The molecule has 0 spiro atoms. The quantitative estimate of drug-likeness (QED) is 0.685. The van der Waals surface area contributed by atoms with Crippen molar-refractivity contribution < 1.29 is 14.4 Å². The van der Waals surface area contributed by atoms with E-state index in [-0.39, 0.29) is 5.56 Å². The van der Waals surface area contributed by atoms with Gasteiger partial charge in [0.2, 0.25) is 5.78 Å². The Morgan fingerprint density at radius 3 is 2.37 bits per heavy atom. The third-order valence-corrected chi connectivity index (χ3v) is 5.18. The fourth-order valence-electron chi connectivity index (χ4n) is 3.01. The van der Waals surface area contributed by atoms with E-state index in [9.17, 15) is 14.4 Å². The zero-order chi connectivity index (χ0) is 19.6. The number of carbonyl (C=O) groups is 1. The summed E-state index contributed by atoms with van der Waals surface area (Å²) >= 11 is 3.33. The summed E-state index contributed by atoms with van der Waals surface area (Å²) in [6, 6.07) is 6.79. The number of benzene rings is 1. The molecule has 1 N–H and O–H groups in total. The lowest BCUT2D eigenvalue weighted by atomic mass is 10.0. The molecule has 0 aliphatic carbocycles. The van der Waals surface area contributed by atoms with Gasteiger partial charge in [0.1, 0.15) is 18.7 Å². The number of carbonyl (C=O) groups excluding carboxylic acids is 1. The molecule has 0 atom stereocenters. The Balaban J connectivity index is 2.12. The molecule has 1 fully saturated rings. The number of nitrogens with zero attached hydrogens (tertiary/aromatic N) is 2. The highest BCUT2D eigenvalue weighted by atomic mass is 79.9. The number of hydrogen-bond donors (Lipinski definition) is 1. The fraction of sp³-hybridized carbons (Fsp3) is 0.316. The summed E-state index contributed by atoms with van der Waals surface area (Å²) in [6.07, 6.45) is 3.57. The SMILES string of the molecule is Cn1c(/C=C/[NH+]2CCOCC2)c(C(=O)c2ccc(Br)cc2)c(=O)n(C)c1=O. The number of halogens is 1. The van der Waals surface area contributed by atoms with E-state index < -0.39 is 17.0 Å². The number of ketones is 1. The van der Waals surface area contributed by atoms with Crippen LogP contribution in [0.2, 0.25) is 0 Å². The molecule has 0 radical (unpaired) electrons. The molecule has 2 heterocycles. The first-order valence-electron chi connectivity index (χ1n) is 8.61. The van der Waals surface area contributed by atoms with E-state index in [4.69, 9.17) is 4.74 Å². The highest BCUT2D eigenvalue weighted by molar-refractivity contribution is 9.10. The summed E-state index contributed by atoms with van der Waals surface area (Å²) in [6.45, 7) is 2.90. The first kappa shape index (κ1) is 19.5. The molecule has 8 heteroatoms. The van der Waals surface area contributed by atoms with Crippen molar-refractivity contribution >= 4 is 27.8 Å². The van der Waals surface area contributed by atoms with Crippen molar-refractivity contribution in [3.8, 4) is 0 Å². The van der Waals surface area contributed by atoms with Gasteiger partial charge in [-0.15, -0.1) is 0 Å². The Labute approximate surface area is 164 Å². The van der Waals surface area contributed by atoms with Crippen LogP contribution in [-0.4, -0.2) is 41.2 Å². The van der Waals surface area contributed by atoms with Crippen LogP contribution in [0.1, 0.15) is 21.6 Å². The van der Waals surface area contributed by atoms with Gasteiger partial charge in [0.05, 0.1) is 25.1 Å². The summed E-state index contributed by atoms with van der Waals surface area (Å²) in [5.74, 6) is -0.407. The van der Waals surface area contributed by atoms with Crippen LogP contribution in [-0.2, 0) is 18.8 Å². The molecule has 1 saturated heterocycles. The zero-order valence-corrected chi connectivity index (χ0v) is 16.8. The number of hydrogen-bond acceptors (Lipinski definition) is 4. The number of morpholine rings is 1. The van der Waals surface area contributed by atoms with Gasteiger partial charge in [-0.2, -0.15) is 0 Å². The largest absolute Gasteiger partial charge is 0.370 e. The maximum Gasteiger partial charge on any atom is 0.330 e. The molecule has 1 aliphatic heterocycles. The van der Waals surface area contributed by atoms with Crippen molar-refractivity contribution in [2.24, 2.45) is 14.1 Å². The lowest BCUT2D eigenvalue weighted by molar-refractivity contribution is -0.855. The van der Waals surface area contributed by atoms with Crippen molar-refractivity contribution in [3.63, 3.8) is 0 Å². The van der Waals surface area contributed by atoms with E-state index in [0.717, 1.165) is 27.0 Å². The Kier molecular flexibility index (Phi) is 5.88. The Bertz CT molecular complexity index is 999. The van der Waals surface area contributed by atoms with Crippen molar-refractivity contribution in [3.05, 3.63) is 72.6 Å². The second-order valence-corrected chi connectivity index (χ2v) is 7.32. The molecule has 1 aromatic heterocycles. The summed E-state index contributed by atoms with van der Waals surface area (Å²) in [7, 11) is 2.94. The number of aromatic nitrogens is 2. The van der Waals surface area contributed by atoms with Gasteiger partial charge in [-0.25, -0.2) is 4.79 Å². The summed E-state index contributed by atoms with van der Waals surface area (Å²) in [5, 5.41) is 0. The van der Waals surface area contributed by atoms with Gasteiger partial charge in [0.15, 0.2) is 0 Å². The minimum Gasteiger partial charge on any atom is -0.370 e. The number of ether oxygens (including phenoxy) is 1. The predicted octanol–water partition coefficient (Wildman–Crippen LogP) is -0.0367. The van der Waals surface area contributed by atoms with Gasteiger partial charge < -0.3 is 9.64 Å². The topological polar surface area (TPSA) is 74.7 Å². The van der Waals surface area contributed by atoms with E-state index in [1.165, 1.54) is 11.6 Å². The van der Waals surface area contributed by atoms with Crippen LogP contribution in [0.5, 0.6) is 0 Å². The summed E-state index contributed by atoms with van der Waals surface area (Å²) < 4.78 is 8.47. The molecular weight excluding hydrogens is 414 g/mol. The maximum absolute atomic E-state index is 13.1. The second-order valence-electron chi connectivity index (χ2n) is 6.41. The van der Waals surface area contributed by atoms with Gasteiger partial charge >= 0.3 is 5.69 Å². The van der Waals surface area contributed by atoms with Gasteiger partial charge in [0.25, 0.3) is 5.56 Å². The van der Waals surface area contributed by atoms with Gasteiger partial charge in [-0.3, -0.25) is 18.7 Å². The second kappa shape index (κ2) is 8.16.